The van der Waals surface area contributed by atoms with Crippen molar-refractivity contribution in [3.05, 3.63) is 48.2 Å². The molecule has 1 saturated heterocycles. The Morgan fingerprint density at radius 3 is 2.41 bits per heavy atom. The molecule has 0 spiro atoms. The van der Waals surface area contributed by atoms with Gasteiger partial charge in [-0.2, -0.15) is 0 Å². The number of ether oxygens (including phenoxy) is 3. The fraction of sp³-hybridized carbons (Fsp3) is 0.400. The van der Waals surface area contributed by atoms with Gasteiger partial charge in [-0.3, -0.25) is 4.79 Å². The lowest BCUT2D eigenvalue weighted by molar-refractivity contribution is -0.116. The Hall–Kier alpha value is -3.19. The molecule has 0 radical (unpaired) electrons. The van der Waals surface area contributed by atoms with Crippen LogP contribution in [-0.4, -0.2) is 56.8 Å². The van der Waals surface area contributed by atoms with Crippen molar-refractivity contribution in [1.29, 1.82) is 0 Å². The molecule has 170 valence electrons. The minimum atomic E-state index is -0.0296. The molecule has 1 amide bonds. The molecule has 1 aliphatic rings. The fourth-order valence-corrected chi connectivity index (χ4v) is 4.54. The Kier molecular flexibility index (Phi) is 6.85. The number of aromatic nitrogens is 1. The molecule has 2 aromatic carbocycles. The van der Waals surface area contributed by atoms with Crippen molar-refractivity contribution in [2.75, 3.05) is 46.3 Å². The number of piperidine rings is 1. The maximum Gasteiger partial charge on any atom is 0.225 e. The van der Waals surface area contributed by atoms with Crippen molar-refractivity contribution < 1.29 is 19.0 Å². The van der Waals surface area contributed by atoms with Crippen LogP contribution in [0.3, 0.4) is 0 Å². The average Bonchev–Trinajstić information content (AvgIpc) is 3.26. The molecule has 7 heteroatoms. The molecule has 2 N–H and O–H groups in total. The van der Waals surface area contributed by atoms with Gasteiger partial charge in [0.25, 0.3) is 0 Å². The summed E-state index contributed by atoms with van der Waals surface area (Å²) >= 11 is 0. The molecule has 0 saturated carbocycles. The number of H-pyrrole nitrogens is 1. The summed E-state index contributed by atoms with van der Waals surface area (Å²) in [6.45, 7) is 2.75. The maximum atomic E-state index is 12.6. The first-order chi connectivity index (χ1) is 15.6. The number of nitrogens with zero attached hydrogens (tertiary/aromatic N) is 1. The second kappa shape index (κ2) is 9.96. The number of nitrogens with one attached hydrogen (secondary N) is 2. The number of aromatic amines is 1. The van der Waals surface area contributed by atoms with Crippen molar-refractivity contribution in [3.8, 4) is 17.2 Å². The summed E-state index contributed by atoms with van der Waals surface area (Å²) in [4.78, 5) is 18.3. The largest absolute Gasteiger partial charge is 0.493 e. The Morgan fingerprint density at radius 2 is 1.75 bits per heavy atom. The van der Waals surface area contributed by atoms with Gasteiger partial charge in [0.15, 0.2) is 11.5 Å². The van der Waals surface area contributed by atoms with E-state index < -0.39 is 0 Å². The minimum absolute atomic E-state index is 0.0296. The van der Waals surface area contributed by atoms with E-state index in [1.165, 1.54) is 16.5 Å². The summed E-state index contributed by atoms with van der Waals surface area (Å²) in [6.07, 6.45) is 4.82. The Balaban J connectivity index is 1.29. The van der Waals surface area contributed by atoms with Crippen LogP contribution in [0, 0.1) is 0 Å². The number of fused-ring (bicyclic) bond motifs is 1. The van der Waals surface area contributed by atoms with Crippen LogP contribution in [0.15, 0.2) is 42.6 Å². The van der Waals surface area contributed by atoms with Gasteiger partial charge in [0, 0.05) is 47.9 Å². The molecular weight excluding hydrogens is 406 g/mol. The zero-order chi connectivity index (χ0) is 22.5. The predicted molar refractivity (Wildman–Crippen MR) is 126 cm³/mol. The molecule has 7 nitrogen and oxygen atoms in total. The molecule has 1 aliphatic heterocycles. The third-order valence-corrected chi connectivity index (χ3v) is 6.25. The first-order valence-electron chi connectivity index (χ1n) is 11.0. The molecule has 0 unspecified atom stereocenters. The highest BCUT2D eigenvalue weighted by Gasteiger charge is 2.23. The molecule has 0 bridgehead atoms. The highest BCUT2D eigenvalue weighted by Crippen LogP contribution is 2.40. The second-order valence-corrected chi connectivity index (χ2v) is 8.12. The number of rotatable bonds is 8. The van der Waals surface area contributed by atoms with E-state index in [1.807, 2.05) is 0 Å². The predicted octanol–water partition coefficient (Wildman–Crippen LogP) is 4.40. The van der Waals surface area contributed by atoms with E-state index in [0.29, 0.717) is 35.3 Å². The van der Waals surface area contributed by atoms with E-state index in [1.54, 1.807) is 33.5 Å². The number of likely N-dealkylation sites (tertiary alicyclic amines) is 1. The Labute approximate surface area is 188 Å². The molecule has 2 heterocycles. The molecule has 4 rings (SSSR count). The van der Waals surface area contributed by atoms with Gasteiger partial charge in [-0.05, 0) is 43.5 Å². The lowest BCUT2D eigenvalue weighted by Crippen LogP contribution is -2.35. The van der Waals surface area contributed by atoms with E-state index in [2.05, 4.69) is 45.7 Å². The van der Waals surface area contributed by atoms with E-state index in [9.17, 15) is 4.79 Å². The number of carbonyl (C=O) groups excluding carboxylic acids is 1. The second-order valence-electron chi connectivity index (χ2n) is 8.12. The van der Waals surface area contributed by atoms with Crippen molar-refractivity contribution >= 4 is 22.5 Å². The van der Waals surface area contributed by atoms with Gasteiger partial charge in [-0.25, -0.2) is 0 Å². The number of hydrogen-bond acceptors (Lipinski definition) is 5. The summed E-state index contributed by atoms with van der Waals surface area (Å²) in [7, 11) is 4.67. The first-order valence-corrected chi connectivity index (χ1v) is 11.0. The van der Waals surface area contributed by atoms with Crippen molar-refractivity contribution in [2.45, 2.75) is 25.2 Å². The number of carbonyl (C=O) groups is 1. The first kappa shape index (κ1) is 22.0. The highest BCUT2D eigenvalue weighted by molar-refractivity contribution is 5.91. The quantitative estimate of drug-likeness (QED) is 0.546. The lowest BCUT2D eigenvalue weighted by Gasteiger charge is -2.31. The van der Waals surface area contributed by atoms with Crippen LogP contribution in [0.25, 0.3) is 10.9 Å². The van der Waals surface area contributed by atoms with Crippen molar-refractivity contribution in [1.82, 2.24) is 9.88 Å². The van der Waals surface area contributed by atoms with Gasteiger partial charge in [-0.1, -0.05) is 18.2 Å². The molecule has 1 aromatic heterocycles. The van der Waals surface area contributed by atoms with Crippen molar-refractivity contribution in [2.24, 2.45) is 0 Å². The number of anilines is 1. The van der Waals surface area contributed by atoms with Gasteiger partial charge in [0.1, 0.15) is 0 Å². The van der Waals surface area contributed by atoms with Crippen LogP contribution in [0.4, 0.5) is 5.69 Å². The third kappa shape index (κ3) is 4.67. The maximum absolute atomic E-state index is 12.6. The standard InChI is InChI=1S/C25H31N3O4/c1-30-22-14-18(15-23(31-2)25(22)32-3)27-24(29)10-13-28-11-8-17(9-12-28)20-16-26-21-7-5-4-6-19(20)21/h4-7,14-17,26H,8-13H2,1-3H3,(H,27,29). The van der Waals surface area contributed by atoms with Gasteiger partial charge in [0.05, 0.1) is 21.3 Å². The van der Waals surface area contributed by atoms with E-state index in [4.69, 9.17) is 14.2 Å². The van der Waals surface area contributed by atoms with Gasteiger partial charge >= 0.3 is 0 Å². The zero-order valence-corrected chi connectivity index (χ0v) is 18.9. The van der Waals surface area contributed by atoms with E-state index in [0.717, 1.165) is 32.5 Å². The number of benzene rings is 2. The molecule has 1 fully saturated rings. The number of para-hydroxylation sites is 1. The fourth-order valence-electron chi connectivity index (χ4n) is 4.54. The van der Waals surface area contributed by atoms with Crippen molar-refractivity contribution in [3.63, 3.8) is 0 Å². The van der Waals surface area contributed by atoms with E-state index >= 15 is 0 Å². The van der Waals surface area contributed by atoms with Crippen LogP contribution < -0.4 is 19.5 Å². The highest BCUT2D eigenvalue weighted by atomic mass is 16.5. The Morgan fingerprint density at radius 1 is 1.06 bits per heavy atom. The molecule has 0 atom stereocenters. The Bertz CT molecular complexity index is 1040. The van der Waals surface area contributed by atoms with Gasteiger partial charge in [-0.15, -0.1) is 0 Å². The number of hydrogen-bond donors (Lipinski definition) is 2. The lowest BCUT2D eigenvalue weighted by atomic mass is 9.89. The topological polar surface area (TPSA) is 75.8 Å². The van der Waals surface area contributed by atoms with Crippen LogP contribution in [0.1, 0.15) is 30.7 Å². The molecular formula is C25H31N3O4. The molecule has 3 aromatic rings. The van der Waals surface area contributed by atoms with Gasteiger partial charge < -0.3 is 29.4 Å². The van der Waals surface area contributed by atoms with Crippen LogP contribution in [0.5, 0.6) is 17.2 Å². The zero-order valence-electron chi connectivity index (χ0n) is 18.9. The molecule has 32 heavy (non-hydrogen) atoms. The van der Waals surface area contributed by atoms with Crippen LogP contribution in [0.2, 0.25) is 0 Å². The van der Waals surface area contributed by atoms with Gasteiger partial charge in [0.2, 0.25) is 11.7 Å². The monoisotopic (exact) mass is 437 g/mol. The molecule has 0 aliphatic carbocycles. The summed E-state index contributed by atoms with van der Waals surface area (Å²) < 4.78 is 16.0. The van der Waals surface area contributed by atoms with Crippen LogP contribution >= 0.6 is 0 Å². The number of amides is 1. The minimum Gasteiger partial charge on any atom is -0.493 e. The summed E-state index contributed by atoms with van der Waals surface area (Å²) in [5.41, 5.74) is 3.25. The number of methoxy groups -OCH3 is 3. The SMILES string of the molecule is COc1cc(NC(=O)CCN2CCC(c3c[nH]c4ccccc34)CC2)cc(OC)c1OC. The summed E-state index contributed by atoms with van der Waals surface area (Å²) in [5, 5.41) is 4.28. The summed E-state index contributed by atoms with van der Waals surface area (Å²) in [5.74, 6) is 2.07. The van der Waals surface area contributed by atoms with E-state index in [-0.39, 0.29) is 5.91 Å². The smallest absolute Gasteiger partial charge is 0.225 e. The normalized spacial score (nSPS) is 15.0. The average molecular weight is 438 g/mol. The van der Waals surface area contributed by atoms with Crippen LogP contribution in [-0.2, 0) is 4.79 Å². The summed E-state index contributed by atoms with van der Waals surface area (Å²) in [6, 6.07) is 12.0. The third-order valence-electron chi connectivity index (χ3n) is 6.25.